The van der Waals surface area contributed by atoms with Gasteiger partial charge < -0.3 is 9.84 Å². The van der Waals surface area contributed by atoms with Crippen molar-refractivity contribution in [2.45, 2.75) is 6.92 Å². The van der Waals surface area contributed by atoms with Crippen molar-refractivity contribution in [2.24, 2.45) is 0 Å². The molecule has 0 spiro atoms. The highest BCUT2D eigenvalue weighted by Crippen LogP contribution is 2.20. The summed E-state index contributed by atoms with van der Waals surface area (Å²) >= 11 is 0.898. The van der Waals surface area contributed by atoms with Crippen molar-refractivity contribution in [2.75, 3.05) is 0 Å². The number of esters is 1. The van der Waals surface area contributed by atoms with Crippen LogP contribution in [0.3, 0.4) is 0 Å². The topological polar surface area (TPSA) is 63.6 Å². The summed E-state index contributed by atoms with van der Waals surface area (Å²) in [5.41, 5.74) is 0.984. The maximum Gasteiger partial charge on any atom is 0.353 e. The molecule has 0 amide bonds. The fourth-order valence-electron chi connectivity index (χ4n) is 1.40. The number of carbonyl (C=O) groups is 2. The third-order valence-electron chi connectivity index (χ3n) is 2.22. The smallest absolute Gasteiger partial charge is 0.353 e. The van der Waals surface area contributed by atoms with E-state index in [4.69, 9.17) is 9.84 Å². The van der Waals surface area contributed by atoms with Crippen LogP contribution in [0.4, 0.5) is 0 Å². The van der Waals surface area contributed by atoms with Gasteiger partial charge in [0, 0.05) is 0 Å². The number of ether oxygens (including phenoxy) is 1. The lowest BCUT2D eigenvalue weighted by atomic mass is 10.2. The number of carboxylic acids is 1. The van der Waals surface area contributed by atoms with E-state index in [0.29, 0.717) is 5.75 Å². The van der Waals surface area contributed by atoms with Crippen molar-refractivity contribution in [1.29, 1.82) is 0 Å². The average Bonchev–Trinajstić information content (AvgIpc) is 2.78. The minimum absolute atomic E-state index is 0.117. The molecule has 18 heavy (non-hydrogen) atoms. The highest BCUT2D eigenvalue weighted by atomic mass is 32.1. The van der Waals surface area contributed by atoms with Crippen LogP contribution in [0, 0.1) is 6.92 Å². The molecule has 0 saturated carbocycles. The molecule has 0 fully saturated rings. The molecular formula is C13H10O4S. The molecule has 1 aromatic heterocycles. The van der Waals surface area contributed by atoms with Gasteiger partial charge in [-0.05, 0) is 36.8 Å². The average molecular weight is 262 g/mol. The summed E-state index contributed by atoms with van der Waals surface area (Å²) in [6, 6.07) is 9.94. The van der Waals surface area contributed by atoms with E-state index in [1.54, 1.807) is 18.2 Å². The summed E-state index contributed by atoms with van der Waals surface area (Å²) < 4.78 is 5.15. The first-order chi connectivity index (χ1) is 8.56. The van der Waals surface area contributed by atoms with Gasteiger partial charge in [-0.3, -0.25) is 0 Å². The first kappa shape index (κ1) is 12.3. The predicted molar refractivity (Wildman–Crippen MR) is 67.4 cm³/mol. The normalized spacial score (nSPS) is 10.1. The quantitative estimate of drug-likeness (QED) is 0.682. The Bertz CT molecular complexity index is 601. The molecule has 0 aliphatic rings. The van der Waals surface area contributed by atoms with E-state index in [2.05, 4.69) is 0 Å². The van der Waals surface area contributed by atoms with Crippen LogP contribution in [0.2, 0.25) is 0 Å². The summed E-state index contributed by atoms with van der Waals surface area (Å²) in [4.78, 5) is 22.8. The van der Waals surface area contributed by atoms with Crippen LogP contribution in [-0.4, -0.2) is 17.0 Å². The number of thiophene rings is 1. The molecule has 0 aliphatic carbocycles. The molecule has 5 heteroatoms. The van der Waals surface area contributed by atoms with Crippen molar-refractivity contribution < 1.29 is 19.4 Å². The van der Waals surface area contributed by atoms with Crippen LogP contribution in [0.5, 0.6) is 5.75 Å². The third kappa shape index (κ3) is 2.75. The van der Waals surface area contributed by atoms with Gasteiger partial charge in [-0.2, -0.15) is 0 Å². The predicted octanol–water partition coefficient (Wildman–Crippen LogP) is 2.97. The van der Waals surface area contributed by atoms with Gasteiger partial charge in [-0.15, -0.1) is 11.3 Å². The van der Waals surface area contributed by atoms with Gasteiger partial charge >= 0.3 is 11.9 Å². The van der Waals surface area contributed by atoms with Gasteiger partial charge in [-0.1, -0.05) is 12.1 Å². The Hall–Kier alpha value is -2.14. The number of aryl methyl sites for hydroxylation is 1. The van der Waals surface area contributed by atoms with Crippen LogP contribution < -0.4 is 4.74 Å². The van der Waals surface area contributed by atoms with E-state index >= 15 is 0 Å². The van der Waals surface area contributed by atoms with Crippen molar-refractivity contribution in [1.82, 2.24) is 0 Å². The molecular weight excluding hydrogens is 252 g/mol. The number of carbonyl (C=O) groups excluding carboxylic acids is 1. The maximum atomic E-state index is 11.8. The molecule has 1 heterocycles. The lowest BCUT2D eigenvalue weighted by Crippen LogP contribution is -2.06. The molecule has 1 aromatic carbocycles. The second-order valence-electron chi connectivity index (χ2n) is 3.68. The van der Waals surface area contributed by atoms with Gasteiger partial charge in [0.1, 0.15) is 15.5 Å². The Balaban J connectivity index is 2.14. The molecule has 0 bridgehead atoms. The minimum atomic E-state index is -1.05. The molecule has 2 aromatic rings. The van der Waals surface area contributed by atoms with Crippen LogP contribution in [-0.2, 0) is 0 Å². The summed E-state index contributed by atoms with van der Waals surface area (Å²) in [5.74, 6) is -1.14. The van der Waals surface area contributed by atoms with Gasteiger partial charge in [0.2, 0.25) is 0 Å². The molecule has 0 unspecified atom stereocenters. The van der Waals surface area contributed by atoms with Gasteiger partial charge in [0.25, 0.3) is 0 Å². The fraction of sp³-hybridized carbons (Fsp3) is 0.0769. The standard InChI is InChI=1S/C13H10O4S/c1-8-3-2-4-9(7-8)17-13(16)11-6-5-10(18-11)12(14)15/h2-7H,1H3,(H,14,15). The number of carboxylic acid groups (broad SMARTS) is 1. The summed E-state index contributed by atoms with van der Waals surface area (Å²) in [5, 5.41) is 8.76. The molecule has 92 valence electrons. The zero-order valence-corrected chi connectivity index (χ0v) is 10.4. The van der Waals surface area contributed by atoms with Gasteiger partial charge in [-0.25, -0.2) is 9.59 Å². The van der Waals surface area contributed by atoms with Crippen molar-refractivity contribution >= 4 is 23.3 Å². The van der Waals surface area contributed by atoms with Crippen LogP contribution >= 0.6 is 11.3 Å². The number of rotatable bonds is 3. The SMILES string of the molecule is Cc1cccc(OC(=O)c2ccc(C(=O)O)s2)c1. The molecule has 2 rings (SSSR count). The van der Waals surface area contributed by atoms with Gasteiger partial charge in [0.05, 0.1) is 0 Å². The second-order valence-corrected chi connectivity index (χ2v) is 4.76. The molecule has 0 atom stereocenters. The maximum absolute atomic E-state index is 11.8. The Morgan fingerprint density at radius 1 is 1.17 bits per heavy atom. The third-order valence-corrected chi connectivity index (χ3v) is 3.27. The Morgan fingerprint density at radius 3 is 2.50 bits per heavy atom. The van der Waals surface area contributed by atoms with E-state index in [0.717, 1.165) is 16.9 Å². The molecule has 4 nitrogen and oxygen atoms in total. The van der Waals surface area contributed by atoms with Crippen LogP contribution in [0.1, 0.15) is 24.9 Å². The van der Waals surface area contributed by atoms with Crippen LogP contribution in [0.15, 0.2) is 36.4 Å². The fourth-order valence-corrected chi connectivity index (χ4v) is 2.12. The molecule has 0 aliphatic heterocycles. The number of benzene rings is 1. The molecule has 1 N–H and O–H groups in total. The Labute approximate surface area is 107 Å². The summed E-state index contributed by atoms with van der Waals surface area (Å²) in [6.07, 6.45) is 0. The van der Waals surface area contributed by atoms with Crippen molar-refractivity contribution in [3.05, 3.63) is 51.7 Å². The zero-order chi connectivity index (χ0) is 13.1. The number of hydrogen-bond acceptors (Lipinski definition) is 4. The first-order valence-corrected chi connectivity index (χ1v) is 6.00. The van der Waals surface area contributed by atoms with E-state index in [-0.39, 0.29) is 9.75 Å². The summed E-state index contributed by atoms with van der Waals surface area (Å²) in [7, 11) is 0. The first-order valence-electron chi connectivity index (χ1n) is 5.18. The lowest BCUT2D eigenvalue weighted by molar-refractivity contribution is 0.0700. The van der Waals surface area contributed by atoms with Crippen LogP contribution in [0.25, 0.3) is 0 Å². The minimum Gasteiger partial charge on any atom is -0.477 e. The second kappa shape index (κ2) is 5.01. The molecule has 0 saturated heterocycles. The summed E-state index contributed by atoms with van der Waals surface area (Å²) in [6.45, 7) is 1.89. The van der Waals surface area contributed by atoms with E-state index in [9.17, 15) is 9.59 Å². The van der Waals surface area contributed by atoms with E-state index in [1.165, 1.54) is 12.1 Å². The Kier molecular flexibility index (Phi) is 3.43. The number of aromatic carboxylic acids is 1. The monoisotopic (exact) mass is 262 g/mol. The van der Waals surface area contributed by atoms with E-state index < -0.39 is 11.9 Å². The zero-order valence-electron chi connectivity index (χ0n) is 9.54. The highest BCUT2D eigenvalue weighted by Gasteiger charge is 2.14. The lowest BCUT2D eigenvalue weighted by Gasteiger charge is -2.02. The van der Waals surface area contributed by atoms with Crippen molar-refractivity contribution in [3.63, 3.8) is 0 Å². The van der Waals surface area contributed by atoms with Crippen molar-refractivity contribution in [3.8, 4) is 5.75 Å². The molecule has 0 radical (unpaired) electrons. The van der Waals surface area contributed by atoms with E-state index in [1.807, 2.05) is 13.0 Å². The highest BCUT2D eigenvalue weighted by molar-refractivity contribution is 7.15. The van der Waals surface area contributed by atoms with Gasteiger partial charge in [0.15, 0.2) is 0 Å². The Morgan fingerprint density at radius 2 is 1.89 bits per heavy atom. The number of hydrogen-bond donors (Lipinski definition) is 1. The largest absolute Gasteiger partial charge is 0.477 e.